The summed E-state index contributed by atoms with van der Waals surface area (Å²) < 4.78 is 51.8. The normalized spacial score (nSPS) is 15.5. The van der Waals surface area contributed by atoms with Crippen LogP contribution in [-0.4, -0.2) is 48.9 Å². The Balaban J connectivity index is 2.04. The van der Waals surface area contributed by atoms with Crippen molar-refractivity contribution in [3.05, 3.63) is 23.5 Å². The fourth-order valence-electron chi connectivity index (χ4n) is 2.88. The third-order valence-electron chi connectivity index (χ3n) is 4.35. The van der Waals surface area contributed by atoms with Crippen molar-refractivity contribution in [1.82, 2.24) is 4.90 Å². The number of halogens is 4. The van der Waals surface area contributed by atoms with Crippen LogP contribution in [0, 0.1) is 12.7 Å². The summed E-state index contributed by atoms with van der Waals surface area (Å²) in [5.41, 5.74) is 0.801. The number of hydrogen-bond donors (Lipinski definition) is 0. The molecule has 8 heteroatoms. The smallest absolute Gasteiger partial charge is 0.366 e. The number of nitrogens with zero attached hydrogens (tertiary/aromatic N) is 2. The van der Waals surface area contributed by atoms with E-state index >= 15 is 0 Å². The maximum atomic E-state index is 14.4. The lowest BCUT2D eigenvalue weighted by Crippen LogP contribution is -2.49. The van der Waals surface area contributed by atoms with Gasteiger partial charge in [-0.25, -0.2) is 4.39 Å². The first-order valence-electron chi connectivity index (χ1n) is 8.73. The first-order valence-corrected chi connectivity index (χ1v) is 9.72. The Bertz CT molecular complexity index is 628. The summed E-state index contributed by atoms with van der Waals surface area (Å²) in [6.07, 6.45) is -1.94. The zero-order valence-electron chi connectivity index (χ0n) is 15.0. The second-order valence-corrected chi connectivity index (χ2v) is 7.46. The Morgan fingerprint density at radius 2 is 1.85 bits per heavy atom. The third kappa shape index (κ3) is 5.79. The number of amides is 1. The first-order chi connectivity index (χ1) is 12.2. The molecule has 2 rings (SSSR count). The molecule has 1 fully saturated rings. The van der Waals surface area contributed by atoms with E-state index in [1.165, 1.54) is 12.1 Å². The minimum Gasteiger partial charge on any atom is -0.366 e. The van der Waals surface area contributed by atoms with Crippen LogP contribution in [0.4, 0.5) is 23.2 Å². The molecule has 1 amide bonds. The van der Waals surface area contributed by atoms with Crippen molar-refractivity contribution in [2.24, 2.45) is 0 Å². The molecule has 0 unspecified atom stereocenters. The van der Waals surface area contributed by atoms with E-state index in [1.807, 2.05) is 6.92 Å². The van der Waals surface area contributed by atoms with E-state index < -0.39 is 17.7 Å². The minimum atomic E-state index is -4.27. The fraction of sp³-hybridized carbons (Fsp3) is 0.611. The van der Waals surface area contributed by atoms with Gasteiger partial charge in [-0.1, -0.05) is 13.3 Å². The lowest BCUT2D eigenvalue weighted by molar-refractivity contribution is -0.131. The largest absolute Gasteiger partial charge is 0.398 e. The third-order valence-corrected chi connectivity index (χ3v) is 5.58. The van der Waals surface area contributed by atoms with E-state index in [0.29, 0.717) is 60.5 Å². The van der Waals surface area contributed by atoms with Gasteiger partial charge in [0.1, 0.15) is 5.82 Å². The quantitative estimate of drug-likeness (QED) is 0.521. The van der Waals surface area contributed by atoms with Gasteiger partial charge in [-0.2, -0.15) is 13.2 Å². The Morgan fingerprint density at radius 3 is 2.42 bits per heavy atom. The number of aryl methyl sites for hydroxylation is 1. The summed E-state index contributed by atoms with van der Waals surface area (Å²) in [7, 11) is 0. The molecule has 1 aromatic rings. The zero-order chi connectivity index (χ0) is 19.3. The average Bonchev–Trinajstić information content (AvgIpc) is 2.58. The molecule has 0 atom stereocenters. The standard InChI is InChI=1S/C18H24F4N2OS/c1-3-4-5-17(25)24-8-6-23(7-9-24)15-11-16(13(2)10-14(15)19)26-12-18(20,21)22/h10-11H,3-9,12H2,1-2H3. The van der Waals surface area contributed by atoms with E-state index in [9.17, 15) is 22.4 Å². The predicted molar refractivity (Wildman–Crippen MR) is 96.2 cm³/mol. The molecule has 1 aliphatic rings. The van der Waals surface area contributed by atoms with Gasteiger partial charge >= 0.3 is 6.18 Å². The maximum Gasteiger partial charge on any atom is 0.398 e. The number of benzene rings is 1. The van der Waals surface area contributed by atoms with Gasteiger partial charge in [-0.3, -0.25) is 4.79 Å². The first kappa shape index (κ1) is 20.9. The predicted octanol–water partition coefficient (Wildman–Crippen LogP) is 4.63. The van der Waals surface area contributed by atoms with Gasteiger partial charge in [-0.05, 0) is 31.0 Å². The van der Waals surface area contributed by atoms with Crippen LogP contribution in [0.25, 0.3) is 0 Å². The van der Waals surface area contributed by atoms with Crippen LogP contribution in [0.1, 0.15) is 31.7 Å². The second-order valence-electron chi connectivity index (χ2n) is 6.44. The number of anilines is 1. The molecule has 146 valence electrons. The molecule has 0 saturated carbocycles. The highest BCUT2D eigenvalue weighted by molar-refractivity contribution is 7.99. The molecule has 26 heavy (non-hydrogen) atoms. The molecule has 0 aliphatic carbocycles. The van der Waals surface area contributed by atoms with E-state index in [2.05, 4.69) is 0 Å². The minimum absolute atomic E-state index is 0.109. The Hall–Kier alpha value is -1.44. The van der Waals surface area contributed by atoms with Crippen LogP contribution in [0.15, 0.2) is 17.0 Å². The zero-order valence-corrected chi connectivity index (χ0v) is 15.9. The van der Waals surface area contributed by atoms with Crippen molar-refractivity contribution in [2.45, 2.75) is 44.2 Å². The van der Waals surface area contributed by atoms with Crippen LogP contribution in [-0.2, 0) is 4.79 Å². The van der Waals surface area contributed by atoms with E-state index in [1.54, 1.807) is 16.7 Å². The number of hydrogen-bond acceptors (Lipinski definition) is 3. The molecule has 0 aromatic heterocycles. The van der Waals surface area contributed by atoms with E-state index in [0.717, 1.165) is 12.8 Å². The number of carbonyl (C=O) groups is 1. The lowest BCUT2D eigenvalue weighted by Gasteiger charge is -2.36. The molecular weight excluding hydrogens is 368 g/mol. The summed E-state index contributed by atoms with van der Waals surface area (Å²) in [4.78, 5) is 16.1. The number of piperazine rings is 1. The van der Waals surface area contributed by atoms with Crippen LogP contribution >= 0.6 is 11.8 Å². The van der Waals surface area contributed by atoms with Crippen LogP contribution < -0.4 is 4.90 Å². The number of carbonyl (C=O) groups excluding carboxylic acids is 1. The number of rotatable bonds is 6. The molecule has 0 N–H and O–H groups in total. The molecule has 1 saturated heterocycles. The van der Waals surface area contributed by atoms with Crippen molar-refractivity contribution in [1.29, 1.82) is 0 Å². The van der Waals surface area contributed by atoms with Gasteiger partial charge in [0.2, 0.25) is 5.91 Å². The number of alkyl halides is 3. The SMILES string of the molecule is CCCCC(=O)N1CCN(c2cc(SCC(F)(F)F)c(C)cc2F)CC1. The monoisotopic (exact) mass is 392 g/mol. The topological polar surface area (TPSA) is 23.6 Å². The van der Waals surface area contributed by atoms with Crippen LogP contribution in [0.3, 0.4) is 0 Å². The Labute approximate surface area is 155 Å². The van der Waals surface area contributed by atoms with Crippen LogP contribution in [0.2, 0.25) is 0 Å². The fourth-order valence-corrected chi connectivity index (χ4v) is 3.68. The second kappa shape index (κ2) is 8.97. The van der Waals surface area contributed by atoms with E-state index in [4.69, 9.17) is 0 Å². The summed E-state index contributed by atoms with van der Waals surface area (Å²) in [5.74, 6) is -1.33. The Kier molecular flexibility index (Phi) is 7.20. The molecular formula is C18H24F4N2OS. The van der Waals surface area contributed by atoms with Gasteiger partial charge in [0.25, 0.3) is 0 Å². The highest BCUT2D eigenvalue weighted by Crippen LogP contribution is 2.34. The molecule has 1 aromatic carbocycles. The van der Waals surface area contributed by atoms with Crippen molar-refractivity contribution in [2.75, 3.05) is 36.8 Å². The van der Waals surface area contributed by atoms with Crippen molar-refractivity contribution < 1.29 is 22.4 Å². The lowest BCUT2D eigenvalue weighted by atomic mass is 10.1. The molecule has 3 nitrogen and oxygen atoms in total. The summed E-state index contributed by atoms with van der Waals surface area (Å²) in [5, 5.41) is 0. The van der Waals surface area contributed by atoms with Gasteiger partial charge in [-0.15, -0.1) is 11.8 Å². The van der Waals surface area contributed by atoms with Crippen molar-refractivity contribution >= 4 is 23.4 Å². The van der Waals surface area contributed by atoms with Gasteiger partial charge in [0.15, 0.2) is 0 Å². The highest BCUT2D eigenvalue weighted by Gasteiger charge is 2.28. The van der Waals surface area contributed by atoms with Gasteiger partial charge < -0.3 is 9.80 Å². The maximum absolute atomic E-state index is 14.4. The van der Waals surface area contributed by atoms with Crippen LogP contribution in [0.5, 0.6) is 0 Å². The molecule has 0 radical (unpaired) electrons. The van der Waals surface area contributed by atoms with Gasteiger partial charge in [0, 0.05) is 37.5 Å². The van der Waals surface area contributed by atoms with Gasteiger partial charge in [0.05, 0.1) is 11.4 Å². The molecule has 1 heterocycles. The summed E-state index contributed by atoms with van der Waals surface area (Å²) in [6, 6.07) is 2.78. The number of thioether (sulfide) groups is 1. The summed E-state index contributed by atoms with van der Waals surface area (Å²) >= 11 is 0.673. The Morgan fingerprint density at radius 1 is 1.19 bits per heavy atom. The number of unbranched alkanes of at least 4 members (excludes halogenated alkanes) is 1. The van der Waals surface area contributed by atoms with Crippen molar-refractivity contribution in [3.8, 4) is 0 Å². The van der Waals surface area contributed by atoms with E-state index in [-0.39, 0.29) is 5.91 Å². The van der Waals surface area contributed by atoms with Crippen molar-refractivity contribution in [3.63, 3.8) is 0 Å². The summed E-state index contributed by atoms with van der Waals surface area (Å²) in [6.45, 7) is 5.58. The molecule has 1 aliphatic heterocycles. The average molecular weight is 392 g/mol. The highest BCUT2D eigenvalue weighted by atomic mass is 32.2. The molecule has 0 bridgehead atoms. The molecule has 0 spiro atoms.